The molecule has 1 aromatic heterocycles. The van der Waals surface area contributed by atoms with Crippen LogP contribution in [0.25, 0.3) is 0 Å². The fourth-order valence-electron chi connectivity index (χ4n) is 3.13. The van der Waals surface area contributed by atoms with E-state index in [1.54, 1.807) is 0 Å². The van der Waals surface area contributed by atoms with Gasteiger partial charge in [0.2, 0.25) is 0 Å². The van der Waals surface area contributed by atoms with Crippen molar-refractivity contribution in [2.45, 2.75) is 40.5 Å². The van der Waals surface area contributed by atoms with Gasteiger partial charge in [0, 0.05) is 42.5 Å². The van der Waals surface area contributed by atoms with Crippen LogP contribution in [0.3, 0.4) is 0 Å². The molecule has 146 valence electrons. The molecule has 0 saturated heterocycles. The van der Waals surface area contributed by atoms with Crippen LogP contribution in [-0.4, -0.2) is 29.1 Å². The zero-order chi connectivity index (χ0) is 19.4. The molecule has 0 amide bonds. The van der Waals surface area contributed by atoms with E-state index in [1.165, 1.54) is 12.1 Å². The van der Waals surface area contributed by atoms with Crippen LogP contribution >= 0.6 is 0 Å². The summed E-state index contributed by atoms with van der Waals surface area (Å²) in [5.74, 6) is 1.01. The van der Waals surface area contributed by atoms with Gasteiger partial charge in [0.25, 0.3) is 0 Å². The highest BCUT2D eigenvalue weighted by Crippen LogP contribution is 2.29. The van der Waals surface area contributed by atoms with Crippen molar-refractivity contribution in [3.63, 3.8) is 0 Å². The van der Waals surface area contributed by atoms with Gasteiger partial charge < -0.3 is 20.1 Å². The predicted molar refractivity (Wildman–Crippen MR) is 101 cm³/mol. The standard InChI is InChI=1S/C19H26FN5O2/c1-5-21-19(23-9-17-12(2)24-25(4)13(17)3)22-8-14-6-16(20)7-15-10-26-11-27-18(14)15/h6-7H,5,8-11H2,1-4H3,(H2,21,22,23). The summed E-state index contributed by atoms with van der Waals surface area (Å²) in [5, 5.41) is 11.0. The normalized spacial score (nSPS) is 13.9. The molecule has 2 heterocycles. The van der Waals surface area contributed by atoms with Gasteiger partial charge in [0.1, 0.15) is 11.6 Å². The second-order valence-corrected chi connectivity index (χ2v) is 6.49. The van der Waals surface area contributed by atoms with E-state index in [1.807, 2.05) is 32.5 Å². The van der Waals surface area contributed by atoms with Crippen molar-refractivity contribution in [2.24, 2.45) is 12.0 Å². The second kappa shape index (κ2) is 8.39. The van der Waals surface area contributed by atoms with Crippen molar-refractivity contribution in [1.82, 2.24) is 20.4 Å². The van der Waals surface area contributed by atoms with Gasteiger partial charge in [-0.25, -0.2) is 9.38 Å². The Morgan fingerprint density at radius 1 is 1.33 bits per heavy atom. The van der Waals surface area contributed by atoms with E-state index in [0.29, 0.717) is 42.5 Å². The van der Waals surface area contributed by atoms with Crippen molar-refractivity contribution in [3.05, 3.63) is 46.0 Å². The summed E-state index contributed by atoms with van der Waals surface area (Å²) >= 11 is 0. The molecule has 3 rings (SSSR count). The fraction of sp³-hybridized carbons (Fsp3) is 0.474. The first-order valence-electron chi connectivity index (χ1n) is 9.02. The number of rotatable bonds is 5. The van der Waals surface area contributed by atoms with E-state index in [0.717, 1.165) is 23.5 Å². The van der Waals surface area contributed by atoms with Crippen LogP contribution in [0.4, 0.5) is 4.39 Å². The summed E-state index contributed by atoms with van der Waals surface area (Å²) in [4.78, 5) is 4.59. The molecule has 1 aliphatic rings. The molecule has 2 aromatic rings. The smallest absolute Gasteiger partial charge is 0.191 e. The quantitative estimate of drug-likeness (QED) is 0.620. The first-order chi connectivity index (χ1) is 13.0. The van der Waals surface area contributed by atoms with Gasteiger partial charge in [-0.05, 0) is 32.9 Å². The number of nitrogens with zero attached hydrogens (tertiary/aromatic N) is 3. The van der Waals surface area contributed by atoms with Crippen molar-refractivity contribution in [3.8, 4) is 5.75 Å². The third kappa shape index (κ3) is 4.39. The van der Waals surface area contributed by atoms with Crippen LogP contribution in [0.5, 0.6) is 5.75 Å². The number of guanidine groups is 1. The molecule has 1 aliphatic heterocycles. The van der Waals surface area contributed by atoms with Gasteiger partial charge in [0.15, 0.2) is 12.8 Å². The molecule has 8 heteroatoms. The maximum atomic E-state index is 13.9. The van der Waals surface area contributed by atoms with Crippen LogP contribution in [0, 0.1) is 19.7 Å². The molecule has 1 aromatic carbocycles. The zero-order valence-electron chi connectivity index (χ0n) is 16.2. The number of hydrogen-bond acceptors (Lipinski definition) is 4. The average Bonchev–Trinajstić information content (AvgIpc) is 2.89. The topological polar surface area (TPSA) is 72.7 Å². The van der Waals surface area contributed by atoms with Crippen molar-refractivity contribution < 1.29 is 13.9 Å². The largest absolute Gasteiger partial charge is 0.467 e. The Bertz CT molecular complexity index is 847. The number of aliphatic imine (C=N–C) groups is 1. The summed E-state index contributed by atoms with van der Waals surface area (Å²) in [6.07, 6.45) is 0. The minimum absolute atomic E-state index is 0.174. The Kier molecular flexibility index (Phi) is 5.95. The second-order valence-electron chi connectivity index (χ2n) is 6.49. The number of halogens is 1. The van der Waals surface area contributed by atoms with Crippen LogP contribution in [0.1, 0.15) is 35.0 Å². The number of aryl methyl sites for hydroxylation is 2. The Hall–Kier alpha value is -2.61. The van der Waals surface area contributed by atoms with Gasteiger partial charge in [-0.3, -0.25) is 4.68 Å². The highest BCUT2D eigenvalue weighted by Gasteiger charge is 2.17. The third-order valence-corrected chi connectivity index (χ3v) is 4.59. The molecule has 7 nitrogen and oxygen atoms in total. The highest BCUT2D eigenvalue weighted by molar-refractivity contribution is 5.79. The molecule has 0 unspecified atom stereocenters. The van der Waals surface area contributed by atoms with E-state index in [-0.39, 0.29) is 12.6 Å². The first-order valence-corrected chi connectivity index (χ1v) is 9.02. The molecule has 0 saturated carbocycles. The number of fused-ring (bicyclic) bond motifs is 1. The number of aromatic nitrogens is 2. The number of hydrogen-bond donors (Lipinski definition) is 2. The van der Waals surface area contributed by atoms with E-state index < -0.39 is 0 Å². The van der Waals surface area contributed by atoms with Crippen molar-refractivity contribution >= 4 is 5.96 Å². The van der Waals surface area contributed by atoms with E-state index >= 15 is 0 Å². The van der Waals surface area contributed by atoms with Crippen LogP contribution in [-0.2, 0) is 31.5 Å². The number of nitrogens with one attached hydrogen (secondary N) is 2. The average molecular weight is 375 g/mol. The summed E-state index contributed by atoms with van der Waals surface area (Å²) in [6, 6.07) is 2.91. The van der Waals surface area contributed by atoms with Crippen LogP contribution in [0.2, 0.25) is 0 Å². The van der Waals surface area contributed by atoms with Gasteiger partial charge in [-0.2, -0.15) is 5.10 Å². The minimum atomic E-state index is -0.312. The lowest BCUT2D eigenvalue weighted by atomic mass is 10.1. The zero-order valence-corrected chi connectivity index (χ0v) is 16.2. The summed E-state index contributed by atoms with van der Waals surface area (Å²) in [6.45, 7) is 8.20. The van der Waals surface area contributed by atoms with Gasteiger partial charge in [-0.1, -0.05) is 0 Å². The van der Waals surface area contributed by atoms with Crippen molar-refractivity contribution in [2.75, 3.05) is 13.3 Å². The third-order valence-electron chi connectivity index (χ3n) is 4.59. The first kappa shape index (κ1) is 19.2. The minimum Gasteiger partial charge on any atom is -0.467 e. The molecule has 0 radical (unpaired) electrons. The molecular weight excluding hydrogens is 349 g/mol. The van der Waals surface area contributed by atoms with E-state index in [4.69, 9.17) is 9.47 Å². The van der Waals surface area contributed by atoms with Gasteiger partial charge in [0.05, 0.1) is 18.8 Å². The summed E-state index contributed by atoms with van der Waals surface area (Å²) < 4.78 is 26.5. The lowest BCUT2D eigenvalue weighted by molar-refractivity contribution is -0.0172. The number of ether oxygens (including phenoxy) is 2. The van der Waals surface area contributed by atoms with E-state index in [9.17, 15) is 4.39 Å². The van der Waals surface area contributed by atoms with Gasteiger partial charge >= 0.3 is 0 Å². The lowest BCUT2D eigenvalue weighted by Crippen LogP contribution is -2.37. The predicted octanol–water partition coefficient (Wildman–Crippen LogP) is 2.30. The monoisotopic (exact) mass is 375 g/mol. The summed E-state index contributed by atoms with van der Waals surface area (Å²) in [5.41, 5.74) is 4.67. The molecule has 0 atom stereocenters. The molecular formula is C19H26FN5O2. The highest BCUT2D eigenvalue weighted by atomic mass is 19.1. The van der Waals surface area contributed by atoms with Crippen LogP contribution < -0.4 is 15.4 Å². The summed E-state index contributed by atoms with van der Waals surface area (Å²) in [7, 11) is 1.93. The number of benzene rings is 1. The molecule has 0 aliphatic carbocycles. The molecule has 0 spiro atoms. The fourth-order valence-corrected chi connectivity index (χ4v) is 3.13. The molecule has 0 fully saturated rings. The van der Waals surface area contributed by atoms with Gasteiger partial charge in [-0.15, -0.1) is 0 Å². The molecule has 0 bridgehead atoms. The Balaban J connectivity index is 1.75. The maximum absolute atomic E-state index is 13.9. The van der Waals surface area contributed by atoms with Crippen LogP contribution in [0.15, 0.2) is 17.1 Å². The van der Waals surface area contributed by atoms with E-state index in [2.05, 4.69) is 20.7 Å². The Morgan fingerprint density at radius 3 is 2.85 bits per heavy atom. The molecule has 27 heavy (non-hydrogen) atoms. The Morgan fingerprint density at radius 2 is 2.15 bits per heavy atom. The van der Waals surface area contributed by atoms with Crippen molar-refractivity contribution in [1.29, 1.82) is 0 Å². The SMILES string of the molecule is CCNC(=NCc1cc(F)cc2c1OCOC2)NCc1c(C)nn(C)c1C. The Labute approximate surface area is 158 Å². The maximum Gasteiger partial charge on any atom is 0.191 e. The molecule has 2 N–H and O–H groups in total. The lowest BCUT2D eigenvalue weighted by Gasteiger charge is -2.20.